The molecule has 0 spiro atoms. The molecule has 28 heavy (non-hydrogen) atoms. The third-order valence-electron chi connectivity index (χ3n) is 5.70. The van der Waals surface area contributed by atoms with Crippen molar-refractivity contribution >= 4 is 17.5 Å². The molecule has 1 aromatic heterocycles. The average Bonchev–Trinajstić information content (AvgIpc) is 3.27. The van der Waals surface area contributed by atoms with E-state index in [0.29, 0.717) is 24.7 Å². The molecule has 146 valence electrons. The van der Waals surface area contributed by atoms with Crippen molar-refractivity contribution in [2.45, 2.75) is 31.7 Å². The number of carbonyl (C=O) groups excluding carboxylic acids is 2. The van der Waals surface area contributed by atoms with Crippen LogP contribution < -0.4 is 15.5 Å². The maximum atomic E-state index is 13.0. The van der Waals surface area contributed by atoms with Crippen LogP contribution in [0.2, 0.25) is 0 Å². The van der Waals surface area contributed by atoms with E-state index in [2.05, 4.69) is 27.8 Å². The summed E-state index contributed by atoms with van der Waals surface area (Å²) >= 11 is 0. The van der Waals surface area contributed by atoms with E-state index >= 15 is 0 Å². The van der Waals surface area contributed by atoms with E-state index in [1.165, 1.54) is 12.8 Å². The van der Waals surface area contributed by atoms with E-state index in [9.17, 15) is 9.59 Å². The monoisotopic (exact) mass is 378 g/mol. The highest BCUT2D eigenvalue weighted by molar-refractivity contribution is 5.93. The van der Waals surface area contributed by atoms with Gasteiger partial charge in [0.2, 0.25) is 5.91 Å². The van der Waals surface area contributed by atoms with E-state index in [1.54, 1.807) is 12.3 Å². The Balaban J connectivity index is 1.53. The van der Waals surface area contributed by atoms with Gasteiger partial charge in [0, 0.05) is 25.0 Å². The van der Waals surface area contributed by atoms with Gasteiger partial charge >= 0.3 is 0 Å². The Kier molecular flexibility index (Phi) is 5.55. The van der Waals surface area contributed by atoms with Crippen LogP contribution in [0.15, 0.2) is 48.7 Å². The minimum atomic E-state index is -0.163. The predicted octanol–water partition coefficient (Wildman–Crippen LogP) is 2.68. The lowest BCUT2D eigenvalue weighted by Gasteiger charge is -2.29. The fourth-order valence-corrected chi connectivity index (χ4v) is 4.24. The van der Waals surface area contributed by atoms with Crippen LogP contribution in [0.25, 0.3) is 0 Å². The Morgan fingerprint density at radius 2 is 1.96 bits per heavy atom. The van der Waals surface area contributed by atoms with Crippen LogP contribution in [0, 0.1) is 5.92 Å². The van der Waals surface area contributed by atoms with Gasteiger partial charge in [0.05, 0.1) is 12.6 Å². The molecule has 2 N–H and O–H groups in total. The van der Waals surface area contributed by atoms with Crippen LogP contribution in [0.4, 0.5) is 5.69 Å². The van der Waals surface area contributed by atoms with E-state index in [-0.39, 0.29) is 17.9 Å². The molecule has 1 aromatic carbocycles. The molecule has 4 rings (SSSR count). The summed E-state index contributed by atoms with van der Waals surface area (Å²) in [5.74, 6) is 0.295. The molecule has 1 aliphatic heterocycles. The normalized spacial score (nSPS) is 18.6. The molecule has 2 fully saturated rings. The number of carbonyl (C=O) groups is 2. The number of nitrogens with zero attached hydrogens (tertiary/aromatic N) is 2. The molecule has 2 amide bonds. The van der Waals surface area contributed by atoms with Gasteiger partial charge in [0.25, 0.3) is 5.91 Å². The first-order valence-electron chi connectivity index (χ1n) is 10.0. The van der Waals surface area contributed by atoms with Crippen LogP contribution in [0.3, 0.4) is 0 Å². The quantitative estimate of drug-likeness (QED) is 0.839. The molecule has 1 aliphatic carbocycles. The number of aromatic nitrogens is 1. The molecule has 2 aromatic rings. The number of hydrogen-bond donors (Lipinski definition) is 2. The molecule has 2 heterocycles. The molecule has 6 nitrogen and oxygen atoms in total. The average molecular weight is 378 g/mol. The standard InChI is InChI=1S/C22H26N4O2/c27-20-15-26(13-12-24-20)18-10-11-23-19(14-18)22(28)25-21(17-8-4-5-9-17)16-6-2-1-3-7-16/h1-3,6-7,10-11,14,17,21H,4-5,8-9,12-13,15H2,(H,24,27)(H,25,28). The Morgan fingerprint density at radius 3 is 2.71 bits per heavy atom. The van der Waals surface area contributed by atoms with Crippen molar-refractivity contribution < 1.29 is 9.59 Å². The summed E-state index contributed by atoms with van der Waals surface area (Å²) in [7, 11) is 0. The highest BCUT2D eigenvalue weighted by atomic mass is 16.2. The van der Waals surface area contributed by atoms with Gasteiger partial charge in [-0.25, -0.2) is 0 Å². The van der Waals surface area contributed by atoms with Gasteiger partial charge in [0.1, 0.15) is 5.69 Å². The van der Waals surface area contributed by atoms with Gasteiger partial charge in [-0.05, 0) is 36.5 Å². The molecular weight excluding hydrogens is 352 g/mol. The first-order valence-corrected chi connectivity index (χ1v) is 10.0. The lowest BCUT2D eigenvalue weighted by Crippen LogP contribution is -2.47. The fraction of sp³-hybridized carbons (Fsp3) is 0.409. The number of rotatable bonds is 5. The maximum absolute atomic E-state index is 13.0. The first-order chi connectivity index (χ1) is 13.7. The largest absolute Gasteiger partial charge is 0.360 e. The molecule has 1 saturated carbocycles. The highest BCUT2D eigenvalue weighted by Crippen LogP contribution is 2.35. The summed E-state index contributed by atoms with van der Waals surface area (Å²) in [5, 5.41) is 6.05. The summed E-state index contributed by atoms with van der Waals surface area (Å²) in [6.07, 6.45) is 6.35. The summed E-state index contributed by atoms with van der Waals surface area (Å²) in [5.41, 5.74) is 2.39. The number of nitrogens with one attached hydrogen (secondary N) is 2. The number of piperazine rings is 1. The van der Waals surface area contributed by atoms with Crippen LogP contribution in [0.1, 0.15) is 47.8 Å². The lowest BCUT2D eigenvalue weighted by atomic mass is 9.91. The zero-order valence-electron chi connectivity index (χ0n) is 15.9. The zero-order valence-corrected chi connectivity index (χ0v) is 15.9. The van der Waals surface area contributed by atoms with Crippen molar-refractivity contribution in [3.05, 3.63) is 59.9 Å². The topological polar surface area (TPSA) is 74.3 Å². The third-order valence-corrected chi connectivity index (χ3v) is 5.70. The van der Waals surface area contributed by atoms with Gasteiger partial charge < -0.3 is 15.5 Å². The maximum Gasteiger partial charge on any atom is 0.270 e. The SMILES string of the molecule is O=C1CN(c2ccnc(C(=O)NC(c3ccccc3)C3CCCC3)c2)CCN1. The van der Waals surface area contributed by atoms with E-state index in [0.717, 1.165) is 30.6 Å². The molecular formula is C22H26N4O2. The van der Waals surface area contributed by atoms with Gasteiger partial charge in [-0.3, -0.25) is 14.6 Å². The van der Waals surface area contributed by atoms with Crippen molar-refractivity contribution in [3.8, 4) is 0 Å². The predicted molar refractivity (Wildman–Crippen MR) is 108 cm³/mol. The minimum absolute atomic E-state index is 0.000520. The highest BCUT2D eigenvalue weighted by Gasteiger charge is 2.28. The Labute approximate surface area is 165 Å². The van der Waals surface area contributed by atoms with Crippen LogP contribution in [0.5, 0.6) is 0 Å². The summed E-state index contributed by atoms with van der Waals surface area (Å²) in [6, 6.07) is 13.8. The van der Waals surface area contributed by atoms with Gasteiger partial charge in [0.15, 0.2) is 0 Å². The zero-order chi connectivity index (χ0) is 19.3. The number of benzene rings is 1. The molecule has 0 radical (unpaired) electrons. The first kappa shape index (κ1) is 18.5. The second-order valence-electron chi connectivity index (χ2n) is 7.58. The van der Waals surface area contributed by atoms with Gasteiger partial charge in [-0.1, -0.05) is 43.2 Å². The summed E-state index contributed by atoms with van der Waals surface area (Å²) < 4.78 is 0. The number of anilines is 1. The Morgan fingerprint density at radius 1 is 1.18 bits per heavy atom. The van der Waals surface area contributed by atoms with Crippen molar-refractivity contribution in [2.24, 2.45) is 5.92 Å². The number of amides is 2. The molecule has 1 atom stereocenters. The van der Waals surface area contributed by atoms with Gasteiger partial charge in [-0.15, -0.1) is 0 Å². The second kappa shape index (κ2) is 8.42. The summed E-state index contributed by atoms with van der Waals surface area (Å²) in [4.78, 5) is 30.9. The van der Waals surface area contributed by atoms with Crippen molar-refractivity contribution in [3.63, 3.8) is 0 Å². The van der Waals surface area contributed by atoms with Crippen molar-refractivity contribution in [2.75, 3.05) is 24.5 Å². The van der Waals surface area contributed by atoms with E-state index < -0.39 is 0 Å². The van der Waals surface area contributed by atoms with Crippen molar-refractivity contribution in [1.29, 1.82) is 0 Å². The summed E-state index contributed by atoms with van der Waals surface area (Å²) in [6.45, 7) is 1.64. The lowest BCUT2D eigenvalue weighted by molar-refractivity contribution is -0.120. The molecule has 2 aliphatic rings. The van der Waals surface area contributed by atoms with Crippen LogP contribution in [-0.4, -0.2) is 36.4 Å². The second-order valence-corrected chi connectivity index (χ2v) is 7.58. The van der Waals surface area contributed by atoms with E-state index in [4.69, 9.17) is 0 Å². The smallest absolute Gasteiger partial charge is 0.270 e. The number of hydrogen-bond acceptors (Lipinski definition) is 4. The minimum Gasteiger partial charge on any atom is -0.360 e. The van der Waals surface area contributed by atoms with Crippen LogP contribution >= 0.6 is 0 Å². The number of pyridine rings is 1. The Bertz CT molecular complexity index is 833. The molecule has 1 saturated heterocycles. The third kappa shape index (κ3) is 4.16. The molecule has 6 heteroatoms. The van der Waals surface area contributed by atoms with Crippen molar-refractivity contribution in [1.82, 2.24) is 15.6 Å². The molecule has 0 bridgehead atoms. The fourth-order valence-electron chi connectivity index (χ4n) is 4.24. The van der Waals surface area contributed by atoms with E-state index in [1.807, 2.05) is 29.2 Å². The Hall–Kier alpha value is -2.89. The van der Waals surface area contributed by atoms with Gasteiger partial charge in [-0.2, -0.15) is 0 Å². The molecule has 1 unspecified atom stereocenters. The van der Waals surface area contributed by atoms with Crippen LogP contribution in [-0.2, 0) is 4.79 Å².